The first-order valence-electron chi connectivity index (χ1n) is 14.6. The highest BCUT2D eigenvalue weighted by molar-refractivity contribution is 6.23. The molecule has 0 aliphatic heterocycles. The SMILES string of the molecule is CC(CCCC(C)(C)Cl)C(Cl)CCC1CC(C(=O)NCc2ccccc2)C(C(=O)NCc2ccccc2)CC1Cl. The van der Waals surface area contributed by atoms with E-state index in [-0.39, 0.29) is 33.4 Å². The summed E-state index contributed by atoms with van der Waals surface area (Å²) in [5.41, 5.74) is 2.05. The third kappa shape index (κ3) is 10.9. The fraction of sp³-hybridized carbons (Fsp3) is 0.576. The number of hydrogen-bond donors (Lipinski definition) is 2. The van der Waals surface area contributed by atoms with E-state index in [1.54, 1.807) is 0 Å². The third-order valence-electron chi connectivity index (χ3n) is 8.19. The van der Waals surface area contributed by atoms with Crippen LogP contribution in [0.3, 0.4) is 0 Å². The Labute approximate surface area is 255 Å². The van der Waals surface area contributed by atoms with Gasteiger partial charge in [-0.1, -0.05) is 74.0 Å². The molecule has 2 aromatic rings. The van der Waals surface area contributed by atoms with Gasteiger partial charge in [-0.25, -0.2) is 0 Å². The Kier molecular flexibility index (Phi) is 13.1. The summed E-state index contributed by atoms with van der Waals surface area (Å²) in [5.74, 6) is -0.600. The second kappa shape index (κ2) is 16.0. The number of carbonyl (C=O) groups is 2. The minimum atomic E-state index is -0.470. The molecular formula is C33H45Cl3N2O2. The predicted molar refractivity (Wildman–Crippen MR) is 168 cm³/mol. The van der Waals surface area contributed by atoms with Gasteiger partial charge in [-0.2, -0.15) is 0 Å². The second-order valence-corrected chi connectivity index (χ2v) is 14.2. The van der Waals surface area contributed by atoms with E-state index in [2.05, 4.69) is 17.6 Å². The van der Waals surface area contributed by atoms with E-state index >= 15 is 0 Å². The molecule has 220 valence electrons. The number of rotatable bonds is 14. The topological polar surface area (TPSA) is 58.2 Å². The fourth-order valence-electron chi connectivity index (χ4n) is 5.63. The van der Waals surface area contributed by atoms with Gasteiger partial charge in [0, 0.05) is 34.6 Å². The van der Waals surface area contributed by atoms with Crippen molar-refractivity contribution in [2.24, 2.45) is 23.7 Å². The van der Waals surface area contributed by atoms with E-state index in [1.807, 2.05) is 74.5 Å². The van der Waals surface area contributed by atoms with Crippen molar-refractivity contribution in [2.75, 3.05) is 0 Å². The number of halogens is 3. The molecule has 6 unspecified atom stereocenters. The molecule has 1 saturated carbocycles. The van der Waals surface area contributed by atoms with E-state index < -0.39 is 11.8 Å². The Hall–Kier alpha value is -1.75. The van der Waals surface area contributed by atoms with Crippen LogP contribution >= 0.6 is 34.8 Å². The minimum Gasteiger partial charge on any atom is -0.352 e. The van der Waals surface area contributed by atoms with Crippen LogP contribution in [0.5, 0.6) is 0 Å². The predicted octanol–water partition coefficient (Wildman–Crippen LogP) is 8.08. The van der Waals surface area contributed by atoms with Crippen molar-refractivity contribution < 1.29 is 9.59 Å². The zero-order chi connectivity index (χ0) is 29.1. The van der Waals surface area contributed by atoms with Crippen LogP contribution < -0.4 is 10.6 Å². The van der Waals surface area contributed by atoms with Crippen LogP contribution in [-0.4, -0.2) is 27.4 Å². The van der Waals surface area contributed by atoms with E-state index in [1.165, 1.54) is 0 Å². The summed E-state index contributed by atoms with van der Waals surface area (Å²) in [7, 11) is 0. The number of amides is 2. The van der Waals surface area contributed by atoms with Gasteiger partial charge < -0.3 is 10.6 Å². The summed E-state index contributed by atoms with van der Waals surface area (Å²) < 4.78 is 0. The van der Waals surface area contributed by atoms with Crippen LogP contribution in [0.15, 0.2) is 60.7 Å². The Morgan fingerprint density at radius 3 is 1.88 bits per heavy atom. The zero-order valence-electron chi connectivity index (χ0n) is 24.1. The number of benzene rings is 2. The average molecular weight is 608 g/mol. The molecule has 0 aromatic heterocycles. The number of carbonyl (C=O) groups excluding carboxylic acids is 2. The normalized spacial score (nSPS) is 22.8. The van der Waals surface area contributed by atoms with Gasteiger partial charge >= 0.3 is 0 Å². The highest BCUT2D eigenvalue weighted by Crippen LogP contribution is 2.41. The largest absolute Gasteiger partial charge is 0.352 e. The maximum atomic E-state index is 13.5. The highest BCUT2D eigenvalue weighted by Gasteiger charge is 2.43. The molecular weight excluding hydrogens is 563 g/mol. The quantitative estimate of drug-likeness (QED) is 0.213. The van der Waals surface area contributed by atoms with E-state index in [0.29, 0.717) is 31.8 Å². The second-order valence-electron chi connectivity index (χ2n) is 12.0. The van der Waals surface area contributed by atoms with Gasteiger partial charge in [0.1, 0.15) is 0 Å². The lowest BCUT2D eigenvalue weighted by Crippen LogP contribution is -2.47. The minimum absolute atomic E-state index is 0.0413. The van der Waals surface area contributed by atoms with Crippen molar-refractivity contribution in [1.82, 2.24) is 10.6 Å². The molecule has 0 saturated heterocycles. The molecule has 3 rings (SSSR count). The van der Waals surface area contributed by atoms with Gasteiger partial charge in [-0.3, -0.25) is 9.59 Å². The van der Waals surface area contributed by atoms with Crippen molar-refractivity contribution in [1.29, 1.82) is 0 Å². The van der Waals surface area contributed by atoms with E-state index in [4.69, 9.17) is 34.8 Å². The molecule has 4 nitrogen and oxygen atoms in total. The smallest absolute Gasteiger partial charge is 0.224 e. The molecule has 2 aromatic carbocycles. The maximum Gasteiger partial charge on any atom is 0.224 e. The molecule has 7 heteroatoms. The zero-order valence-corrected chi connectivity index (χ0v) is 26.3. The van der Waals surface area contributed by atoms with Gasteiger partial charge in [-0.15, -0.1) is 34.8 Å². The van der Waals surface area contributed by atoms with Crippen LogP contribution in [0, 0.1) is 23.7 Å². The molecule has 6 atom stereocenters. The lowest BCUT2D eigenvalue weighted by Gasteiger charge is -2.38. The summed E-state index contributed by atoms with van der Waals surface area (Å²) in [4.78, 5) is 26.7. The molecule has 0 radical (unpaired) electrons. The molecule has 0 bridgehead atoms. The first kappa shape index (κ1) is 32.8. The molecule has 40 heavy (non-hydrogen) atoms. The Bertz CT molecular complexity index is 1040. The molecule has 1 aliphatic rings. The van der Waals surface area contributed by atoms with Gasteiger partial charge in [0.25, 0.3) is 0 Å². The Morgan fingerprint density at radius 1 is 0.875 bits per heavy atom. The lowest BCUT2D eigenvalue weighted by atomic mass is 9.71. The van der Waals surface area contributed by atoms with Crippen LogP contribution in [0.2, 0.25) is 0 Å². The summed E-state index contributed by atoms with van der Waals surface area (Å²) in [6, 6.07) is 19.6. The first-order valence-corrected chi connectivity index (χ1v) is 15.9. The standard InChI is InChI=1S/C33H45Cl3N2O2/c1-23(11-10-18-33(2,3)36)29(34)17-16-26-19-27(31(39)37-21-24-12-6-4-7-13-24)28(20-30(26)35)32(40)38-22-25-14-8-5-9-15-25/h4-9,12-15,23,26-30H,10-11,16-22H2,1-3H3,(H,37,39)(H,38,40). The van der Waals surface area contributed by atoms with E-state index in [9.17, 15) is 9.59 Å². The fourth-order valence-corrected chi connectivity index (χ4v) is 6.44. The van der Waals surface area contributed by atoms with Crippen molar-refractivity contribution in [3.63, 3.8) is 0 Å². The van der Waals surface area contributed by atoms with Crippen LogP contribution in [0.25, 0.3) is 0 Å². The Morgan fingerprint density at radius 2 is 1.38 bits per heavy atom. The van der Waals surface area contributed by atoms with Crippen LogP contribution in [-0.2, 0) is 22.7 Å². The molecule has 1 aliphatic carbocycles. The van der Waals surface area contributed by atoms with Gasteiger partial charge in [0.05, 0.1) is 5.92 Å². The summed E-state index contributed by atoms with van der Waals surface area (Å²) in [6.07, 6.45) is 5.78. The monoisotopic (exact) mass is 606 g/mol. The summed E-state index contributed by atoms with van der Waals surface area (Å²) in [5, 5.41) is 5.99. The lowest BCUT2D eigenvalue weighted by molar-refractivity contribution is -0.137. The first-order chi connectivity index (χ1) is 19.0. The highest BCUT2D eigenvalue weighted by atomic mass is 35.5. The van der Waals surface area contributed by atoms with Crippen molar-refractivity contribution in [3.8, 4) is 0 Å². The van der Waals surface area contributed by atoms with Gasteiger partial charge in [-0.05, 0) is 75.3 Å². The van der Waals surface area contributed by atoms with Gasteiger partial charge in [0.15, 0.2) is 0 Å². The van der Waals surface area contributed by atoms with Crippen molar-refractivity contribution in [2.45, 2.75) is 94.4 Å². The number of hydrogen-bond acceptors (Lipinski definition) is 2. The Balaban J connectivity index is 1.61. The van der Waals surface area contributed by atoms with Crippen LogP contribution in [0.1, 0.15) is 76.8 Å². The molecule has 2 amide bonds. The molecule has 0 heterocycles. The summed E-state index contributed by atoms with van der Waals surface area (Å²) in [6.45, 7) is 7.15. The average Bonchev–Trinajstić information content (AvgIpc) is 2.94. The summed E-state index contributed by atoms with van der Waals surface area (Å²) >= 11 is 20.1. The molecule has 2 N–H and O–H groups in total. The van der Waals surface area contributed by atoms with Crippen molar-refractivity contribution >= 4 is 46.6 Å². The van der Waals surface area contributed by atoms with Crippen molar-refractivity contribution in [3.05, 3.63) is 71.8 Å². The number of alkyl halides is 3. The third-order valence-corrected chi connectivity index (χ3v) is 9.56. The number of nitrogens with one attached hydrogen (secondary N) is 2. The maximum absolute atomic E-state index is 13.5. The molecule has 0 spiro atoms. The van der Waals surface area contributed by atoms with E-state index in [0.717, 1.165) is 43.2 Å². The molecule has 1 fully saturated rings. The van der Waals surface area contributed by atoms with Gasteiger partial charge in [0.2, 0.25) is 11.8 Å². The van der Waals surface area contributed by atoms with Crippen LogP contribution in [0.4, 0.5) is 0 Å².